The topological polar surface area (TPSA) is 87.4 Å². The smallest absolute Gasteiger partial charge is 0.416 e. The first-order valence-electron chi connectivity index (χ1n) is 8.51. The van der Waals surface area contributed by atoms with Crippen LogP contribution >= 0.6 is 0 Å². The number of aromatic nitrogens is 4. The molecule has 0 saturated carbocycles. The average molecular weight is 378 g/mol. The molecule has 1 atom stereocenters. The summed E-state index contributed by atoms with van der Waals surface area (Å²) >= 11 is 0. The molecule has 2 aromatic heterocycles. The normalized spacial score (nSPS) is 18.0. The molecular weight excluding hydrogens is 361 g/mol. The minimum atomic E-state index is -4.53. The molecular formula is C17H17F3N6O. The molecule has 1 fully saturated rings. The minimum Gasteiger partial charge on any atom is -0.507 e. The molecule has 0 bridgehead atoms. The van der Waals surface area contributed by atoms with Gasteiger partial charge in [-0.25, -0.2) is 0 Å². The molecule has 27 heavy (non-hydrogen) atoms. The Bertz CT molecular complexity index is 965. The number of phenolic OH excluding ortho intramolecular Hbond substituents is 1. The number of phenols is 1. The minimum absolute atomic E-state index is 0.159. The lowest BCUT2D eigenvalue weighted by Crippen LogP contribution is -2.38. The molecule has 142 valence electrons. The van der Waals surface area contributed by atoms with Crippen LogP contribution in [0.25, 0.3) is 16.9 Å². The van der Waals surface area contributed by atoms with E-state index in [1.54, 1.807) is 10.6 Å². The number of rotatable bonds is 3. The number of fused-ring (bicyclic) bond motifs is 1. The SMILES string of the molecule is Oc1cc(C(F)(F)F)ccc1-c1nccn2c(N[C@@H]3CCCNC3)nnc12. The van der Waals surface area contributed by atoms with Gasteiger partial charge < -0.3 is 15.7 Å². The van der Waals surface area contributed by atoms with Crippen LogP contribution in [-0.2, 0) is 6.18 Å². The van der Waals surface area contributed by atoms with Crippen molar-refractivity contribution < 1.29 is 18.3 Å². The quantitative estimate of drug-likeness (QED) is 0.650. The number of halogens is 3. The fourth-order valence-electron chi connectivity index (χ4n) is 3.18. The zero-order valence-electron chi connectivity index (χ0n) is 14.2. The van der Waals surface area contributed by atoms with Crippen LogP contribution in [0.5, 0.6) is 5.75 Å². The summed E-state index contributed by atoms with van der Waals surface area (Å²) in [4.78, 5) is 4.19. The van der Waals surface area contributed by atoms with Crippen molar-refractivity contribution in [2.24, 2.45) is 0 Å². The Morgan fingerprint density at radius 1 is 1.26 bits per heavy atom. The molecule has 7 nitrogen and oxygen atoms in total. The maximum Gasteiger partial charge on any atom is 0.416 e. The molecule has 1 aliphatic heterocycles. The molecule has 0 unspecified atom stereocenters. The van der Waals surface area contributed by atoms with Crippen molar-refractivity contribution in [2.75, 3.05) is 18.4 Å². The molecule has 4 rings (SSSR count). The number of piperidine rings is 1. The van der Waals surface area contributed by atoms with Crippen LogP contribution in [0.3, 0.4) is 0 Å². The van der Waals surface area contributed by atoms with Gasteiger partial charge in [0.15, 0.2) is 5.65 Å². The Labute approximate surface area is 152 Å². The molecule has 0 amide bonds. The van der Waals surface area contributed by atoms with Gasteiger partial charge in [-0.15, -0.1) is 10.2 Å². The van der Waals surface area contributed by atoms with Gasteiger partial charge in [-0.05, 0) is 37.6 Å². The van der Waals surface area contributed by atoms with Gasteiger partial charge in [0.1, 0.15) is 11.4 Å². The van der Waals surface area contributed by atoms with Crippen LogP contribution in [0.15, 0.2) is 30.6 Å². The lowest BCUT2D eigenvalue weighted by molar-refractivity contribution is -0.137. The van der Waals surface area contributed by atoms with Crippen molar-refractivity contribution in [3.05, 3.63) is 36.2 Å². The zero-order valence-corrected chi connectivity index (χ0v) is 14.2. The van der Waals surface area contributed by atoms with E-state index in [0.717, 1.165) is 32.0 Å². The van der Waals surface area contributed by atoms with E-state index in [2.05, 4.69) is 25.8 Å². The lowest BCUT2D eigenvalue weighted by Gasteiger charge is -2.23. The molecule has 10 heteroatoms. The third kappa shape index (κ3) is 3.39. The molecule has 1 saturated heterocycles. The standard InChI is InChI=1S/C17H17F3N6O/c18-17(19,20)10-3-4-12(13(27)8-10)14-15-24-25-16(26(15)7-6-22-14)23-11-2-1-5-21-9-11/h3-4,6-8,11,21,27H,1-2,5,9H2,(H,23,25)/t11-/m1/s1. The van der Waals surface area contributed by atoms with E-state index in [9.17, 15) is 18.3 Å². The highest BCUT2D eigenvalue weighted by atomic mass is 19.4. The molecule has 1 aliphatic rings. The third-order valence-electron chi connectivity index (χ3n) is 4.54. The molecule has 0 radical (unpaired) electrons. The van der Waals surface area contributed by atoms with E-state index in [1.807, 2.05) is 0 Å². The summed E-state index contributed by atoms with van der Waals surface area (Å²) in [5, 5.41) is 25.0. The monoisotopic (exact) mass is 378 g/mol. The fourth-order valence-corrected chi connectivity index (χ4v) is 3.18. The summed E-state index contributed by atoms with van der Waals surface area (Å²) in [7, 11) is 0. The summed E-state index contributed by atoms with van der Waals surface area (Å²) in [6, 6.07) is 2.99. The number of aromatic hydroxyl groups is 1. The van der Waals surface area contributed by atoms with Crippen molar-refractivity contribution in [3.63, 3.8) is 0 Å². The number of hydrogen-bond donors (Lipinski definition) is 3. The van der Waals surface area contributed by atoms with Crippen molar-refractivity contribution in [1.82, 2.24) is 24.9 Å². The second-order valence-electron chi connectivity index (χ2n) is 6.41. The van der Waals surface area contributed by atoms with Crippen molar-refractivity contribution >= 4 is 11.6 Å². The zero-order chi connectivity index (χ0) is 19.0. The van der Waals surface area contributed by atoms with Crippen LogP contribution in [0.1, 0.15) is 18.4 Å². The Hall–Kier alpha value is -2.88. The highest BCUT2D eigenvalue weighted by Gasteiger charge is 2.31. The number of anilines is 1. The van der Waals surface area contributed by atoms with Gasteiger partial charge in [-0.3, -0.25) is 9.38 Å². The maximum absolute atomic E-state index is 12.8. The first-order chi connectivity index (χ1) is 12.9. The number of alkyl halides is 3. The first kappa shape index (κ1) is 17.5. The number of benzene rings is 1. The van der Waals surface area contributed by atoms with Gasteiger partial charge in [0, 0.05) is 30.5 Å². The van der Waals surface area contributed by atoms with E-state index in [-0.39, 0.29) is 17.3 Å². The fraction of sp³-hybridized carbons (Fsp3) is 0.353. The lowest BCUT2D eigenvalue weighted by atomic mass is 10.1. The molecule has 0 aliphatic carbocycles. The molecule has 3 N–H and O–H groups in total. The predicted octanol–water partition coefficient (Wildman–Crippen LogP) is 2.68. The third-order valence-corrected chi connectivity index (χ3v) is 4.54. The van der Waals surface area contributed by atoms with Gasteiger partial charge in [-0.2, -0.15) is 13.2 Å². The molecule has 3 heterocycles. The summed E-state index contributed by atoms with van der Waals surface area (Å²) in [6.07, 6.45) is 0.682. The maximum atomic E-state index is 12.8. The van der Waals surface area contributed by atoms with Crippen molar-refractivity contribution in [1.29, 1.82) is 0 Å². The average Bonchev–Trinajstić information content (AvgIpc) is 3.05. The number of nitrogens with one attached hydrogen (secondary N) is 2. The second-order valence-corrected chi connectivity index (χ2v) is 6.41. The van der Waals surface area contributed by atoms with E-state index in [0.29, 0.717) is 17.7 Å². The number of nitrogens with zero attached hydrogens (tertiary/aromatic N) is 4. The molecule has 1 aromatic carbocycles. The highest BCUT2D eigenvalue weighted by Crippen LogP contribution is 2.36. The van der Waals surface area contributed by atoms with Crippen LogP contribution in [-0.4, -0.2) is 43.8 Å². The Kier molecular flexibility index (Phi) is 4.34. The van der Waals surface area contributed by atoms with Gasteiger partial charge in [-0.1, -0.05) is 0 Å². The number of hydrogen-bond acceptors (Lipinski definition) is 6. The van der Waals surface area contributed by atoms with Gasteiger partial charge >= 0.3 is 6.18 Å². The molecule has 0 spiro atoms. The van der Waals surface area contributed by atoms with E-state index in [4.69, 9.17) is 0 Å². The highest BCUT2D eigenvalue weighted by molar-refractivity contribution is 5.78. The van der Waals surface area contributed by atoms with E-state index in [1.165, 1.54) is 12.3 Å². The van der Waals surface area contributed by atoms with E-state index >= 15 is 0 Å². The Morgan fingerprint density at radius 3 is 2.81 bits per heavy atom. The second kappa shape index (κ2) is 6.69. The van der Waals surface area contributed by atoms with Crippen molar-refractivity contribution in [3.8, 4) is 17.0 Å². The summed E-state index contributed by atoms with van der Waals surface area (Å²) in [6.45, 7) is 1.80. The van der Waals surface area contributed by atoms with Gasteiger partial charge in [0.05, 0.1) is 5.56 Å². The summed E-state index contributed by atoms with van der Waals surface area (Å²) in [5.74, 6) is 0.00756. The van der Waals surface area contributed by atoms with Crippen LogP contribution in [0.2, 0.25) is 0 Å². The van der Waals surface area contributed by atoms with E-state index < -0.39 is 17.5 Å². The van der Waals surface area contributed by atoms with Crippen LogP contribution in [0.4, 0.5) is 19.1 Å². The summed E-state index contributed by atoms with van der Waals surface area (Å²) in [5.41, 5.74) is -0.166. The predicted molar refractivity (Wildman–Crippen MR) is 92.4 cm³/mol. The van der Waals surface area contributed by atoms with Gasteiger partial charge in [0.25, 0.3) is 0 Å². The molecule has 3 aromatic rings. The van der Waals surface area contributed by atoms with Gasteiger partial charge in [0.2, 0.25) is 5.95 Å². The first-order valence-corrected chi connectivity index (χ1v) is 8.51. The van der Waals surface area contributed by atoms with Crippen molar-refractivity contribution in [2.45, 2.75) is 25.1 Å². The largest absolute Gasteiger partial charge is 0.507 e. The Morgan fingerprint density at radius 2 is 2.11 bits per heavy atom. The van der Waals surface area contributed by atoms with Crippen LogP contribution in [0, 0.1) is 0 Å². The Balaban J connectivity index is 1.71. The van der Waals surface area contributed by atoms with Crippen LogP contribution < -0.4 is 10.6 Å². The summed E-state index contributed by atoms with van der Waals surface area (Å²) < 4.78 is 40.1.